The second kappa shape index (κ2) is 6.06. The summed E-state index contributed by atoms with van der Waals surface area (Å²) < 4.78 is 5.33. The molecule has 0 amide bonds. The molecule has 0 spiro atoms. The zero-order valence-corrected chi connectivity index (χ0v) is 12.3. The van der Waals surface area contributed by atoms with Gasteiger partial charge in [0.15, 0.2) is 0 Å². The molecule has 106 valence electrons. The third-order valence-electron chi connectivity index (χ3n) is 3.51. The number of methoxy groups -OCH3 is 1. The fourth-order valence-corrected chi connectivity index (χ4v) is 2.31. The second-order valence-corrected chi connectivity index (χ2v) is 5.16. The van der Waals surface area contributed by atoms with Gasteiger partial charge in [0, 0.05) is 23.9 Å². The van der Waals surface area contributed by atoms with Crippen LogP contribution < -0.4 is 4.74 Å². The van der Waals surface area contributed by atoms with Gasteiger partial charge in [-0.05, 0) is 31.0 Å². The normalized spacial score (nSPS) is 13.8. The highest BCUT2D eigenvalue weighted by atomic mass is 16.5. The predicted molar refractivity (Wildman–Crippen MR) is 79.9 cm³/mol. The van der Waals surface area contributed by atoms with Crippen molar-refractivity contribution in [2.75, 3.05) is 7.11 Å². The average molecular weight is 271 g/mol. The first-order valence-electron chi connectivity index (χ1n) is 6.86. The van der Waals surface area contributed by atoms with Crippen LogP contribution in [0.4, 0.5) is 0 Å². The van der Waals surface area contributed by atoms with E-state index in [0.717, 1.165) is 17.7 Å². The van der Waals surface area contributed by atoms with Crippen LogP contribution in [0, 0.1) is 0 Å². The number of aryl methyl sites for hydroxylation is 1. The lowest BCUT2D eigenvalue weighted by atomic mass is 9.90. The van der Waals surface area contributed by atoms with Gasteiger partial charge in [-0.3, -0.25) is 4.98 Å². The van der Waals surface area contributed by atoms with Gasteiger partial charge in [-0.2, -0.15) is 0 Å². The van der Waals surface area contributed by atoms with Gasteiger partial charge < -0.3 is 9.84 Å². The molecule has 2 rings (SSSR count). The number of hydrogen-bond acceptors (Lipinski definition) is 3. The highest BCUT2D eigenvalue weighted by molar-refractivity contribution is 5.38. The van der Waals surface area contributed by atoms with Crippen LogP contribution in [-0.2, 0) is 18.4 Å². The molecule has 0 aliphatic heterocycles. The molecule has 0 saturated carbocycles. The number of benzene rings is 1. The molecular weight excluding hydrogens is 250 g/mol. The van der Waals surface area contributed by atoms with Crippen molar-refractivity contribution >= 4 is 0 Å². The molecule has 20 heavy (non-hydrogen) atoms. The lowest BCUT2D eigenvalue weighted by molar-refractivity contribution is 0.0539. The van der Waals surface area contributed by atoms with Gasteiger partial charge in [0.25, 0.3) is 0 Å². The van der Waals surface area contributed by atoms with Crippen LogP contribution in [0.5, 0.6) is 5.75 Å². The van der Waals surface area contributed by atoms with Crippen molar-refractivity contribution in [3.05, 3.63) is 59.4 Å². The first-order valence-corrected chi connectivity index (χ1v) is 6.86. The summed E-state index contributed by atoms with van der Waals surface area (Å²) in [6.45, 7) is 3.89. The Labute approximate surface area is 120 Å². The number of aromatic nitrogens is 1. The van der Waals surface area contributed by atoms with Crippen LogP contribution in [0.25, 0.3) is 0 Å². The van der Waals surface area contributed by atoms with E-state index in [1.165, 1.54) is 5.56 Å². The molecule has 1 unspecified atom stereocenters. The van der Waals surface area contributed by atoms with Crippen molar-refractivity contribution in [1.82, 2.24) is 4.98 Å². The van der Waals surface area contributed by atoms with E-state index in [-0.39, 0.29) is 0 Å². The third kappa shape index (κ3) is 3.17. The summed E-state index contributed by atoms with van der Waals surface area (Å²) in [5.74, 6) is 0.697. The molecule has 1 atom stereocenters. The van der Waals surface area contributed by atoms with Gasteiger partial charge in [-0.25, -0.2) is 0 Å². The molecule has 2 aromatic rings. The molecule has 0 fully saturated rings. The maximum Gasteiger partial charge on any atom is 0.124 e. The smallest absolute Gasteiger partial charge is 0.124 e. The Balaban J connectivity index is 2.25. The summed E-state index contributed by atoms with van der Waals surface area (Å²) in [6.07, 6.45) is 3.29. The third-order valence-corrected chi connectivity index (χ3v) is 3.51. The lowest BCUT2D eigenvalue weighted by Gasteiger charge is -2.25. The number of hydrogen-bond donors (Lipinski definition) is 1. The minimum absolute atomic E-state index is 0.456. The minimum Gasteiger partial charge on any atom is -0.496 e. The van der Waals surface area contributed by atoms with Gasteiger partial charge in [0.2, 0.25) is 0 Å². The Morgan fingerprint density at radius 3 is 2.55 bits per heavy atom. The number of nitrogens with zero attached hydrogens (tertiary/aromatic N) is 1. The van der Waals surface area contributed by atoms with Gasteiger partial charge in [0.05, 0.1) is 12.7 Å². The Kier molecular flexibility index (Phi) is 4.40. The van der Waals surface area contributed by atoms with E-state index in [0.29, 0.717) is 12.2 Å². The second-order valence-electron chi connectivity index (χ2n) is 5.16. The van der Waals surface area contributed by atoms with Gasteiger partial charge in [-0.1, -0.05) is 31.2 Å². The molecule has 0 radical (unpaired) electrons. The number of pyridine rings is 1. The van der Waals surface area contributed by atoms with Gasteiger partial charge in [-0.15, -0.1) is 0 Å². The Morgan fingerprint density at radius 2 is 1.95 bits per heavy atom. The molecule has 0 bridgehead atoms. The van der Waals surface area contributed by atoms with E-state index >= 15 is 0 Å². The number of rotatable bonds is 5. The van der Waals surface area contributed by atoms with Gasteiger partial charge >= 0.3 is 0 Å². The van der Waals surface area contributed by atoms with Crippen LogP contribution in [0.3, 0.4) is 0 Å². The van der Waals surface area contributed by atoms with Crippen molar-refractivity contribution in [2.24, 2.45) is 0 Å². The molecule has 1 heterocycles. The van der Waals surface area contributed by atoms with Crippen LogP contribution in [0.1, 0.15) is 30.7 Å². The SMILES string of the molecule is CCc1ccc(CC(C)(O)c2ccccc2OC)nc1. The monoisotopic (exact) mass is 271 g/mol. The first kappa shape index (κ1) is 14.5. The maximum atomic E-state index is 10.8. The lowest BCUT2D eigenvalue weighted by Crippen LogP contribution is -2.25. The summed E-state index contributed by atoms with van der Waals surface area (Å²) in [6, 6.07) is 11.6. The summed E-state index contributed by atoms with van der Waals surface area (Å²) in [5.41, 5.74) is 1.85. The highest BCUT2D eigenvalue weighted by Gasteiger charge is 2.27. The van der Waals surface area contributed by atoms with E-state index < -0.39 is 5.60 Å². The zero-order chi connectivity index (χ0) is 14.6. The molecular formula is C17H21NO2. The summed E-state index contributed by atoms with van der Waals surface area (Å²) >= 11 is 0. The molecule has 3 nitrogen and oxygen atoms in total. The van der Waals surface area contributed by atoms with Gasteiger partial charge in [0.1, 0.15) is 5.75 Å². The molecule has 1 aromatic carbocycles. The van der Waals surface area contributed by atoms with Crippen molar-refractivity contribution in [3.63, 3.8) is 0 Å². The highest BCUT2D eigenvalue weighted by Crippen LogP contribution is 2.32. The quantitative estimate of drug-likeness (QED) is 0.908. The van der Waals surface area contributed by atoms with Crippen LogP contribution in [0.2, 0.25) is 0 Å². The molecule has 0 aliphatic rings. The topological polar surface area (TPSA) is 42.4 Å². The standard InChI is InChI=1S/C17H21NO2/c1-4-13-9-10-14(18-12-13)11-17(2,19)15-7-5-6-8-16(15)20-3/h5-10,12,19H,4,11H2,1-3H3. The van der Waals surface area contributed by atoms with E-state index in [1.54, 1.807) is 14.0 Å². The van der Waals surface area contributed by atoms with Crippen molar-refractivity contribution in [1.29, 1.82) is 0 Å². The van der Waals surface area contributed by atoms with Crippen LogP contribution in [-0.4, -0.2) is 17.2 Å². The Morgan fingerprint density at radius 1 is 1.20 bits per heavy atom. The Hall–Kier alpha value is -1.87. The largest absolute Gasteiger partial charge is 0.496 e. The van der Waals surface area contributed by atoms with E-state index in [2.05, 4.69) is 18.0 Å². The number of aliphatic hydroxyl groups is 1. The van der Waals surface area contributed by atoms with E-state index in [4.69, 9.17) is 4.74 Å². The maximum absolute atomic E-state index is 10.8. The van der Waals surface area contributed by atoms with E-state index in [9.17, 15) is 5.11 Å². The Bertz CT molecular complexity index is 561. The molecule has 1 aromatic heterocycles. The fourth-order valence-electron chi connectivity index (χ4n) is 2.31. The van der Waals surface area contributed by atoms with Crippen molar-refractivity contribution in [3.8, 4) is 5.75 Å². The zero-order valence-electron chi connectivity index (χ0n) is 12.3. The van der Waals surface area contributed by atoms with Crippen LogP contribution in [0.15, 0.2) is 42.6 Å². The fraction of sp³-hybridized carbons (Fsp3) is 0.353. The van der Waals surface area contributed by atoms with Crippen LogP contribution >= 0.6 is 0 Å². The predicted octanol–water partition coefficient (Wildman–Crippen LogP) is 3.10. The molecule has 1 N–H and O–H groups in total. The number of para-hydroxylation sites is 1. The summed E-state index contributed by atoms with van der Waals surface area (Å²) in [7, 11) is 1.61. The van der Waals surface area contributed by atoms with Crippen molar-refractivity contribution in [2.45, 2.75) is 32.3 Å². The average Bonchev–Trinajstić information content (AvgIpc) is 2.47. The van der Waals surface area contributed by atoms with E-state index in [1.807, 2.05) is 36.5 Å². The summed E-state index contributed by atoms with van der Waals surface area (Å²) in [4.78, 5) is 4.41. The number of ether oxygens (including phenoxy) is 1. The molecule has 3 heteroatoms. The minimum atomic E-state index is -1.01. The molecule has 0 aliphatic carbocycles. The first-order chi connectivity index (χ1) is 9.56. The summed E-state index contributed by atoms with van der Waals surface area (Å²) in [5, 5.41) is 10.8. The molecule has 0 saturated heterocycles. The van der Waals surface area contributed by atoms with Crippen molar-refractivity contribution < 1.29 is 9.84 Å².